The third-order valence-electron chi connectivity index (χ3n) is 4.21. The van der Waals surface area contributed by atoms with E-state index in [-0.39, 0.29) is 12.1 Å². The van der Waals surface area contributed by atoms with E-state index in [1.807, 2.05) is 12.3 Å². The molecule has 2 N–H and O–H groups in total. The molecule has 2 amide bonds. The van der Waals surface area contributed by atoms with Crippen LogP contribution < -0.4 is 15.5 Å². The van der Waals surface area contributed by atoms with Gasteiger partial charge in [-0.2, -0.15) is 0 Å². The summed E-state index contributed by atoms with van der Waals surface area (Å²) in [4.78, 5) is 18.5. The minimum Gasteiger partial charge on any atom is -0.376 e. The number of urea groups is 1. The number of hydrogen-bond donors (Lipinski definition) is 2. The largest absolute Gasteiger partial charge is 0.376 e. The van der Waals surface area contributed by atoms with Gasteiger partial charge in [-0.25, -0.2) is 9.78 Å². The van der Waals surface area contributed by atoms with Crippen molar-refractivity contribution in [1.29, 1.82) is 0 Å². The summed E-state index contributed by atoms with van der Waals surface area (Å²) in [6.07, 6.45) is 6.57. The van der Waals surface area contributed by atoms with E-state index in [0.717, 1.165) is 43.9 Å². The molecule has 2 saturated heterocycles. The smallest absolute Gasteiger partial charge is 0.315 e. The van der Waals surface area contributed by atoms with Crippen LogP contribution in [0.1, 0.15) is 31.2 Å². The SMILES string of the molecule is O=C(NCc1ccnc(N2CCCC2)c1)NC[C@H]1CCCO1. The maximum absolute atomic E-state index is 11.8. The molecule has 0 unspecified atom stereocenters. The number of anilines is 1. The second kappa shape index (κ2) is 7.45. The van der Waals surface area contributed by atoms with E-state index in [2.05, 4.69) is 26.6 Å². The van der Waals surface area contributed by atoms with E-state index in [0.29, 0.717) is 13.1 Å². The number of amides is 2. The molecule has 2 fully saturated rings. The highest BCUT2D eigenvalue weighted by atomic mass is 16.5. The molecule has 22 heavy (non-hydrogen) atoms. The van der Waals surface area contributed by atoms with Crippen molar-refractivity contribution in [3.8, 4) is 0 Å². The summed E-state index contributed by atoms with van der Waals surface area (Å²) in [5.74, 6) is 1.01. The lowest BCUT2D eigenvalue weighted by Gasteiger charge is -2.17. The van der Waals surface area contributed by atoms with E-state index in [1.54, 1.807) is 0 Å². The lowest BCUT2D eigenvalue weighted by atomic mass is 10.2. The normalized spacial score (nSPS) is 21.1. The Bertz CT molecular complexity index is 497. The van der Waals surface area contributed by atoms with Gasteiger partial charge in [0.05, 0.1) is 6.10 Å². The Morgan fingerprint density at radius 2 is 2.18 bits per heavy atom. The summed E-state index contributed by atoms with van der Waals surface area (Å²) in [6, 6.07) is 3.86. The third kappa shape index (κ3) is 4.10. The number of ether oxygens (including phenoxy) is 1. The van der Waals surface area contributed by atoms with Crippen molar-refractivity contribution in [2.45, 2.75) is 38.3 Å². The Labute approximate surface area is 131 Å². The van der Waals surface area contributed by atoms with Crippen LogP contribution in [0.25, 0.3) is 0 Å². The Morgan fingerprint density at radius 3 is 2.95 bits per heavy atom. The number of nitrogens with one attached hydrogen (secondary N) is 2. The standard InChI is InChI=1S/C16H24N4O2/c21-16(19-12-14-4-3-9-22-14)18-11-13-5-6-17-15(10-13)20-7-1-2-8-20/h5-6,10,14H,1-4,7-9,11-12H2,(H2,18,19,21)/t14-/m1/s1. The summed E-state index contributed by atoms with van der Waals surface area (Å²) < 4.78 is 5.48. The topological polar surface area (TPSA) is 66.5 Å². The van der Waals surface area contributed by atoms with Crippen LogP contribution in [0.2, 0.25) is 0 Å². The van der Waals surface area contributed by atoms with E-state index in [1.165, 1.54) is 12.8 Å². The van der Waals surface area contributed by atoms with Crippen molar-refractivity contribution in [3.63, 3.8) is 0 Å². The third-order valence-corrected chi connectivity index (χ3v) is 4.21. The van der Waals surface area contributed by atoms with Gasteiger partial charge in [-0.1, -0.05) is 0 Å². The summed E-state index contributed by atoms with van der Waals surface area (Å²) in [7, 11) is 0. The van der Waals surface area contributed by atoms with Gasteiger partial charge in [0.25, 0.3) is 0 Å². The highest BCUT2D eigenvalue weighted by molar-refractivity contribution is 5.73. The molecule has 3 heterocycles. The Hall–Kier alpha value is -1.82. The fourth-order valence-electron chi connectivity index (χ4n) is 2.95. The lowest BCUT2D eigenvalue weighted by Crippen LogP contribution is -2.39. The fraction of sp³-hybridized carbons (Fsp3) is 0.625. The van der Waals surface area contributed by atoms with Gasteiger partial charge in [-0.05, 0) is 43.4 Å². The number of pyridine rings is 1. The van der Waals surface area contributed by atoms with Crippen molar-refractivity contribution < 1.29 is 9.53 Å². The molecular weight excluding hydrogens is 280 g/mol. The van der Waals surface area contributed by atoms with E-state index >= 15 is 0 Å². The number of carbonyl (C=O) groups is 1. The molecule has 0 aromatic carbocycles. The molecule has 6 heteroatoms. The van der Waals surface area contributed by atoms with Crippen LogP contribution in [0.3, 0.4) is 0 Å². The monoisotopic (exact) mass is 304 g/mol. The van der Waals surface area contributed by atoms with E-state index < -0.39 is 0 Å². The second-order valence-corrected chi connectivity index (χ2v) is 5.92. The highest BCUT2D eigenvalue weighted by Crippen LogP contribution is 2.18. The molecule has 0 aliphatic carbocycles. The summed E-state index contributed by atoms with van der Waals surface area (Å²) in [5, 5.41) is 5.75. The molecule has 6 nitrogen and oxygen atoms in total. The number of rotatable bonds is 5. The molecule has 0 spiro atoms. The molecule has 0 bridgehead atoms. The van der Waals surface area contributed by atoms with Crippen LogP contribution in [-0.4, -0.2) is 43.4 Å². The molecule has 0 saturated carbocycles. The van der Waals surface area contributed by atoms with Gasteiger partial charge >= 0.3 is 6.03 Å². The summed E-state index contributed by atoms with van der Waals surface area (Å²) in [5.41, 5.74) is 1.07. The van der Waals surface area contributed by atoms with Crippen molar-refractivity contribution in [2.24, 2.45) is 0 Å². The van der Waals surface area contributed by atoms with Gasteiger partial charge in [0.2, 0.25) is 0 Å². The molecular formula is C16H24N4O2. The minimum absolute atomic E-state index is 0.143. The average Bonchev–Trinajstić information content (AvgIpc) is 3.24. The van der Waals surface area contributed by atoms with Gasteiger partial charge in [-0.15, -0.1) is 0 Å². The Kier molecular flexibility index (Phi) is 5.11. The molecule has 3 rings (SSSR count). The minimum atomic E-state index is -0.143. The maximum Gasteiger partial charge on any atom is 0.315 e. The van der Waals surface area contributed by atoms with Crippen LogP contribution >= 0.6 is 0 Å². The molecule has 0 radical (unpaired) electrons. The first kappa shape index (κ1) is 15.1. The van der Waals surface area contributed by atoms with Gasteiger partial charge in [0.1, 0.15) is 5.82 Å². The van der Waals surface area contributed by atoms with Crippen molar-refractivity contribution >= 4 is 11.8 Å². The lowest BCUT2D eigenvalue weighted by molar-refractivity contribution is 0.111. The molecule has 1 aromatic heterocycles. The molecule has 1 aromatic rings. The summed E-state index contributed by atoms with van der Waals surface area (Å²) in [6.45, 7) is 4.06. The molecule has 2 aliphatic heterocycles. The van der Waals surface area contributed by atoms with Crippen LogP contribution in [-0.2, 0) is 11.3 Å². The van der Waals surface area contributed by atoms with Gasteiger partial charge in [0, 0.05) is 39.0 Å². The number of carbonyl (C=O) groups excluding carboxylic acids is 1. The van der Waals surface area contributed by atoms with Crippen LogP contribution in [0.4, 0.5) is 10.6 Å². The zero-order valence-electron chi connectivity index (χ0n) is 12.9. The average molecular weight is 304 g/mol. The van der Waals surface area contributed by atoms with E-state index in [9.17, 15) is 4.79 Å². The number of nitrogens with zero attached hydrogens (tertiary/aromatic N) is 2. The zero-order chi connectivity index (χ0) is 15.2. The molecule has 1 atom stereocenters. The van der Waals surface area contributed by atoms with Crippen molar-refractivity contribution in [2.75, 3.05) is 31.1 Å². The molecule has 120 valence electrons. The first-order chi connectivity index (χ1) is 10.8. The van der Waals surface area contributed by atoms with Crippen LogP contribution in [0.5, 0.6) is 0 Å². The Morgan fingerprint density at radius 1 is 1.32 bits per heavy atom. The number of hydrogen-bond acceptors (Lipinski definition) is 4. The maximum atomic E-state index is 11.8. The zero-order valence-corrected chi connectivity index (χ0v) is 12.9. The second-order valence-electron chi connectivity index (χ2n) is 5.92. The highest BCUT2D eigenvalue weighted by Gasteiger charge is 2.16. The summed E-state index contributed by atoms with van der Waals surface area (Å²) >= 11 is 0. The van der Waals surface area contributed by atoms with Crippen molar-refractivity contribution in [1.82, 2.24) is 15.6 Å². The molecule has 2 aliphatic rings. The van der Waals surface area contributed by atoms with Gasteiger partial charge in [0.15, 0.2) is 0 Å². The predicted octanol–water partition coefficient (Wildman–Crippen LogP) is 1.66. The number of aromatic nitrogens is 1. The van der Waals surface area contributed by atoms with Crippen LogP contribution in [0, 0.1) is 0 Å². The fourth-order valence-corrected chi connectivity index (χ4v) is 2.95. The van der Waals surface area contributed by atoms with Gasteiger partial charge < -0.3 is 20.3 Å². The van der Waals surface area contributed by atoms with Gasteiger partial charge in [-0.3, -0.25) is 0 Å². The Balaban J connectivity index is 1.44. The first-order valence-corrected chi connectivity index (χ1v) is 8.14. The predicted molar refractivity (Wildman–Crippen MR) is 84.9 cm³/mol. The van der Waals surface area contributed by atoms with E-state index in [4.69, 9.17) is 4.74 Å². The quantitative estimate of drug-likeness (QED) is 0.868. The first-order valence-electron chi connectivity index (χ1n) is 8.14. The van der Waals surface area contributed by atoms with Crippen LogP contribution in [0.15, 0.2) is 18.3 Å². The van der Waals surface area contributed by atoms with Crippen molar-refractivity contribution in [3.05, 3.63) is 23.9 Å².